The Kier molecular flexibility index (Phi) is 8.00. The van der Waals surface area contributed by atoms with Gasteiger partial charge in [0.2, 0.25) is 0 Å². The van der Waals surface area contributed by atoms with Crippen LogP contribution in [-0.4, -0.2) is 42.9 Å². The highest BCUT2D eigenvalue weighted by atomic mass is 32.2. The highest BCUT2D eigenvalue weighted by Gasteiger charge is 2.33. The van der Waals surface area contributed by atoms with Crippen molar-refractivity contribution in [3.8, 4) is 5.75 Å². The Labute approximate surface area is 193 Å². The first-order valence-corrected chi connectivity index (χ1v) is 11.4. The molecule has 0 bridgehead atoms. The first kappa shape index (κ1) is 23.5. The number of carbonyl (C=O) groups is 1. The van der Waals surface area contributed by atoms with Gasteiger partial charge in [-0.15, -0.1) is 0 Å². The van der Waals surface area contributed by atoms with Crippen molar-refractivity contribution < 1.29 is 19.4 Å². The van der Waals surface area contributed by atoms with Gasteiger partial charge in [-0.05, 0) is 68.8 Å². The third-order valence-corrected chi connectivity index (χ3v) is 6.01. The Morgan fingerprint density at radius 2 is 1.72 bits per heavy atom. The zero-order valence-corrected chi connectivity index (χ0v) is 19.6. The average molecular weight is 453 g/mol. The van der Waals surface area contributed by atoms with Crippen LogP contribution in [-0.2, 0) is 9.53 Å². The highest BCUT2D eigenvalue weighted by Crippen LogP contribution is 2.40. The summed E-state index contributed by atoms with van der Waals surface area (Å²) in [6.45, 7) is 8.05. The van der Waals surface area contributed by atoms with Crippen molar-refractivity contribution in [3.05, 3.63) is 70.3 Å². The van der Waals surface area contributed by atoms with Crippen LogP contribution < -0.4 is 9.64 Å². The highest BCUT2D eigenvalue weighted by molar-refractivity contribution is 8.18. The fraction of sp³-hybridized carbons (Fsp3) is 0.280. The van der Waals surface area contributed by atoms with E-state index in [1.54, 1.807) is 38.3 Å². The maximum atomic E-state index is 12.6. The van der Waals surface area contributed by atoms with Crippen molar-refractivity contribution in [3.63, 3.8) is 0 Å². The molecule has 0 amide bonds. The van der Waals surface area contributed by atoms with E-state index in [1.165, 1.54) is 11.8 Å². The summed E-state index contributed by atoms with van der Waals surface area (Å²) < 4.78 is 10.3. The van der Waals surface area contributed by atoms with E-state index >= 15 is 0 Å². The lowest BCUT2D eigenvalue weighted by Gasteiger charge is -2.20. The van der Waals surface area contributed by atoms with Crippen LogP contribution in [0.1, 0.15) is 26.3 Å². The van der Waals surface area contributed by atoms with E-state index in [4.69, 9.17) is 9.47 Å². The van der Waals surface area contributed by atoms with Gasteiger partial charge in [-0.3, -0.25) is 0 Å². The van der Waals surface area contributed by atoms with E-state index in [2.05, 4.69) is 35.9 Å². The van der Waals surface area contributed by atoms with Crippen molar-refractivity contribution in [1.82, 2.24) is 0 Å². The van der Waals surface area contributed by atoms with Gasteiger partial charge in [0.15, 0.2) is 0 Å². The van der Waals surface area contributed by atoms with Gasteiger partial charge in [-0.2, -0.15) is 0 Å². The number of benzene rings is 2. The van der Waals surface area contributed by atoms with Crippen molar-refractivity contribution in [1.29, 1.82) is 0 Å². The predicted octanol–water partition coefficient (Wildman–Crippen LogP) is 5.73. The van der Waals surface area contributed by atoms with Crippen LogP contribution in [0.4, 0.5) is 11.4 Å². The predicted molar refractivity (Wildman–Crippen MR) is 132 cm³/mol. The molecule has 1 N–H and O–H groups in total. The van der Waals surface area contributed by atoms with Crippen LogP contribution in [0.2, 0.25) is 0 Å². The summed E-state index contributed by atoms with van der Waals surface area (Å²) in [6.07, 6.45) is 1.85. The number of hydrogen-bond acceptors (Lipinski definition) is 7. The number of thioether (sulfide) groups is 1. The second-order valence-electron chi connectivity index (χ2n) is 6.93. The van der Waals surface area contributed by atoms with Crippen molar-refractivity contribution in [2.45, 2.75) is 20.8 Å². The molecule has 0 radical (unpaired) electrons. The molecule has 0 aromatic heterocycles. The minimum absolute atomic E-state index is 0.0821. The van der Waals surface area contributed by atoms with Crippen LogP contribution >= 0.6 is 11.8 Å². The number of aliphatic imine (C=N–C) groups is 1. The monoisotopic (exact) mass is 452 g/mol. The van der Waals surface area contributed by atoms with Crippen LogP contribution in [0.25, 0.3) is 6.08 Å². The van der Waals surface area contributed by atoms with Crippen LogP contribution in [0, 0.1) is 0 Å². The second kappa shape index (κ2) is 10.9. The molecule has 0 unspecified atom stereocenters. The van der Waals surface area contributed by atoms with Gasteiger partial charge in [0, 0.05) is 18.8 Å². The molecule has 6 nitrogen and oxygen atoms in total. The van der Waals surface area contributed by atoms with Crippen molar-refractivity contribution >= 4 is 40.2 Å². The molecule has 0 fully saturated rings. The number of aliphatic hydroxyl groups is 1. The summed E-state index contributed by atoms with van der Waals surface area (Å²) in [6, 6.07) is 15.3. The third kappa shape index (κ3) is 5.34. The zero-order valence-electron chi connectivity index (χ0n) is 18.8. The first-order chi connectivity index (χ1) is 15.5. The lowest BCUT2D eigenvalue weighted by atomic mass is 10.1. The van der Waals surface area contributed by atoms with Gasteiger partial charge < -0.3 is 19.5 Å². The van der Waals surface area contributed by atoms with Crippen molar-refractivity contribution in [2.24, 2.45) is 4.99 Å². The molecule has 1 aliphatic rings. The molecule has 3 rings (SSSR count). The molecular weight excluding hydrogens is 424 g/mol. The molecule has 0 saturated heterocycles. The van der Waals surface area contributed by atoms with Crippen molar-refractivity contribution in [2.75, 3.05) is 31.7 Å². The van der Waals surface area contributed by atoms with Gasteiger partial charge in [0.25, 0.3) is 0 Å². The van der Waals surface area contributed by atoms with E-state index in [9.17, 15) is 9.90 Å². The fourth-order valence-electron chi connectivity index (χ4n) is 3.29. The second-order valence-corrected chi connectivity index (χ2v) is 7.96. The number of ether oxygens (including phenoxy) is 2. The summed E-state index contributed by atoms with van der Waals surface area (Å²) in [5.74, 6) is 0.00403. The molecule has 2 aromatic rings. The van der Waals surface area contributed by atoms with E-state index in [0.29, 0.717) is 21.4 Å². The number of esters is 1. The number of aliphatic hydroxyl groups excluding tert-OH is 1. The molecule has 1 heterocycles. The number of nitrogens with zero attached hydrogens (tertiary/aromatic N) is 2. The molecular formula is C25H28N2O4S. The molecule has 0 spiro atoms. The van der Waals surface area contributed by atoms with Crippen LogP contribution in [0.15, 0.2) is 69.8 Å². The van der Waals surface area contributed by atoms with Gasteiger partial charge >= 0.3 is 5.97 Å². The number of hydrogen-bond donors (Lipinski definition) is 1. The van der Waals surface area contributed by atoms with Crippen LogP contribution in [0.3, 0.4) is 0 Å². The lowest BCUT2D eigenvalue weighted by Crippen LogP contribution is -2.21. The van der Waals surface area contributed by atoms with E-state index in [0.717, 1.165) is 24.3 Å². The van der Waals surface area contributed by atoms with E-state index in [1.807, 2.05) is 18.2 Å². The zero-order chi connectivity index (χ0) is 23.1. The lowest BCUT2D eigenvalue weighted by molar-refractivity contribution is -0.138. The summed E-state index contributed by atoms with van der Waals surface area (Å²) in [5.41, 5.74) is 2.79. The normalized spacial score (nSPS) is 16.0. The minimum Gasteiger partial charge on any atom is -0.506 e. The molecule has 32 heavy (non-hydrogen) atoms. The van der Waals surface area contributed by atoms with Gasteiger partial charge in [-0.1, -0.05) is 23.9 Å². The van der Waals surface area contributed by atoms with E-state index < -0.39 is 5.97 Å². The third-order valence-electron chi connectivity index (χ3n) is 4.99. The topological polar surface area (TPSA) is 71.4 Å². The summed E-state index contributed by atoms with van der Waals surface area (Å²) >= 11 is 1.24. The molecule has 0 saturated carbocycles. The molecule has 0 aliphatic carbocycles. The summed E-state index contributed by atoms with van der Waals surface area (Å²) in [4.78, 5) is 19.9. The Morgan fingerprint density at radius 3 is 2.28 bits per heavy atom. The molecule has 1 aliphatic heterocycles. The Bertz CT molecular complexity index is 1040. The maximum Gasteiger partial charge on any atom is 0.344 e. The summed E-state index contributed by atoms with van der Waals surface area (Å²) in [5, 5.41) is 11.2. The first-order valence-electron chi connectivity index (χ1n) is 10.6. The number of anilines is 1. The smallest absolute Gasteiger partial charge is 0.344 e. The fourth-order valence-corrected chi connectivity index (χ4v) is 4.32. The molecule has 2 aromatic carbocycles. The Morgan fingerprint density at radius 1 is 1.06 bits per heavy atom. The number of methoxy groups -OCH3 is 1. The van der Waals surface area contributed by atoms with Gasteiger partial charge in [0.05, 0.1) is 24.3 Å². The largest absolute Gasteiger partial charge is 0.506 e. The molecule has 0 atom stereocenters. The molecule has 168 valence electrons. The number of carbonyl (C=O) groups excluding carboxylic acids is 1. The summed E-state index contributed by atoms with van der Waals surface area (Å²) in [7, 11) is 1.60. The standard InChI is InChI=1S/C25H28N2O4S/c1-5-27(6-2)19-12-8-17(9-13-19)16-21-23(28)22(25(29)31-7-3)24(32-21)26-18-10-14-20(30-4)15-11-18/h8-16,28H,5-7H2,1-4H3/b21-16-,26-24?. The Balaban J connectivity index is 1.94. The SMILES string of the molecule is CCOC(=O)C1=C(O)/C(=C/c2ccc(N(CC)CC)cc2)SC1=Nc1ccc(OC)cc1. The van der Waals surface area contributed by atoms with E-state index in [-0.39, 0.29) is 17.9 Å². The number of rotatable bonds is 8. The Hall–Kier alpha value is -3.19. The quantitative estimate of drug-likeness (QED) is 0.516. The van der Waals surface area contributed by atoms with Crippen LogP contribution in [0.5, 0.6) is 5.75 Å². The van der Waals surface area contributed by atoms with Gasteiger partial charge in [0.1, 0.15) is 22.1 Å². The van der Waals surface area contributed by atoms with Gasteiger partial charge in [-0.25, -0.2) is 9.79 Å². The average Bonchev–Trinajstić information content (AvgIpc) is 3.11. The maximum absolute atomic E-state index is 12.6. The molecule has 7 heteroatoms. The minimum atomic E-state index is -0.593.